The van der Waals surface area contributed by atoms with E-state index in [1.165, 1.54) is 5.39 Å². The van der Waals surface area contributed by atoms with Crippen molar-refractivity contribution in [2.75, 3.05) is 6.54 Å². The molecule has 2 atom stereocenters. The molecule has 4 heteroatoms. The summed E-state index contributed by atoms with van der Waals surface area (Å²) in [6, 6.07) is 8.78. The van der Waals surface area contributed by atoms with Gasteiger partial charge in [-0.05, 0) is 56.0 Å². The van der Waals surface area contributed by atoms with Crippen LogP contribution in [-0.4, -0.2) is 23.7 Å². The predicted molar refractivity (Wildman–Crippen MR) is 80.1 cm³/mol. The number of ether oxygens (including phenoxy) is 1. The molecule has 0 aliphatic carbocycles. The normalized spacial score (nSPS) is 22.8. The van der Waals surface area contributed by atoms with Crippen LogP contribution < -0.4 is 10.1 Å². The molecule has 19 heavy (non-hydrogen) atoms. The van der Waals surface area contributed by atoms with Gasteiger partial charge in [-0.3, -0.25) is 4.98 Å². The molecule has 1 aliphatic heterocycles. The van der Waals surface area contributed by atoms with E-state index in [0.29, 0.717) is 12.1 Å². The highest BCUT2D eigenvalue weighted by molar-refractivity contribution is 5.85. The number of hydrogen-bond acceptors (Lipinski definition) is 3. The maximum atomic E-state index is 6.07. The average Bonchev–Trinajstić information content (AvgIpc) is 2.39. The molecule has 1 aliphatic rings. The zero-order valence-electron chi connectivity index (χ0n) is 11.0. The summed E-state index contributed by atoms with van der Waals surface area (Å²) in [5.74, 6) is 0.966. The third-order valence-corrected chi connectivity index (χ3v) is 3.49. The van der Waals surface area contributed by atoms with Crippen LogP contribution in [0, 0.1) is 0 Å². The van der Waals surface area contributed by atoms with E-state index < -0.39 is 0 Å². The van der Waals surface area contributed by atoms with Crippen molar-refractivity contribution in [3.63, 3.8) is 0 Å². The second-order valence-corrected chi connectivity index (χ2v) is 5.00. The molecule has 0 bridgehead atoms. The Morgan fingerprint density at radius 1 is 1.26 bits per heavy atom. The third kappa shape index (κ3) is 3.37. The van der Waals surface area contributed by atoms with Gasteiger partial charge in [-0.2, -0.15) is 0 Å². The van der Waals surface area contributed by atoms with Crippen LogP contribution in [0.1, 0.15) is 19.8 Å². The molecule has 1 aromatic heterocycles. The molecule has 3 rings (SSSR count). The number of fused-ring (bicyclic) bond motifs is 1. The minimum Gasteiger partial charge on any atom is -0.490 e. The molecule has 0 amide bonds. The van der Waals surface area contributed by atoms with Crippen molar-refractivity contribution >= 4 is 23.2 Å². The lowest BCUT2D eigenvalue weighted by atomic mass is 10.0. The maximum absolute atomic E-state index is 6.07. The zero-order valence-corrected chi connectivity index (χ0v) is 11.8. The van der Waals surface area contributed by atoms with E-state index in [9.17, 15) is 0 Å². The third-order valence-electron chi connectivity index (χ3n) is 3.49. The van der Waals surface area contributed by atoms with Crippen LogP contribution in [-0.2, 0) is 0 Å². The lowest BCUT2D eigenvalue weighted by molar-refractivity contribution is 0.144. The van der Waals surface area contributed by atoms with E-state index >= 15 is 0 Å². The first-order chi connectivity index (χ1) is 8.81. The van der Waals surface area contributed by atoms with Crippen LogP contribution in [0.2, 0.25) is 0 Å². The standard InChI is InChI=1S/C15H18N2O.ClH/c1-11-8-15(5-7-17-11)18-14-3-2-13-10-16-6-4-12(13)9-14;/h2-4,6,9-11,15,17H,5,7-8H2,1H3;1H/t11-,15+;/m0./s1. The fourth-order valence-electron chi connectivity index (χ4n) is 2.52. The van der Waals surface area contributed by atoms with Gasteiger partial charge in [-0.1, -0.05) is 0 Å². The van der Waals surface area contributed by atoms with Gasteiger partial charge in [0.2, 0.25) is 0 Å². The molecule has 0 radical (unpaired) electrons. The van der Waals surface area contributed by atoms with E-state index in [-0.39, 0.29) is 12.4 Å². The number of nitrogens with one attached hydrogen (secondary N) is 1. The number of aromatic nitrogens is 1. The molecule has 1 aromatic carbocycles. The van der Waals surface area contributed by atoms with Crippen molar-refractivity contribution in [3.05, 3.63) is 36.7 Å². The molecular weight excluding hydrogens is 260 g/mol. The quantitative estimate of drug-likeness (QED) is 0.916. The fraction of sp³-hybridized carbons (Fsp3) is 0.400. The average molecular weight is 279 g/mol. The molecule has 1 N–H and O–H groups in total. The summed E-state index contributed by atoms with van der Waals surface area (Å²) in [5, 5.41) is 5.78. The van der Waals surface area contributed by atoms with E-state index in [4.69, 9.17) is 4.74 Å². The van der Waals surface area contributed by atoms with Crippen LogP contribution in [0.4, 0.5) is 0 Å². The topological polar surface area (TPSA) is 34.1 Å². The van der Waals surface area contributed by atoms with E-state index in [1.807, 2.05) is 24.5 Å². The number of hydrogen-bond donors (Lipinski definition) is 1. The highest BCUT2D eigenvalue weighted by Gasteiger charge is 2.19. The van der Waals surface area contributed by atoms with Gasteiger partial charge in [0.25, 0.3) is 0 Å². The Kier molecular flexibility index (Phi) is 4.61. The van der Waals surface area contributed by atoms with Crippen LogP contribution >= 0.6 is 12.4 Å². The van der Waals surface area contributed by atoms with Crippen LogP contribution in [0.15, 0.2) is 36.7 Å². The molecule has 2 heterocycles. The summed E-state index contributed by atoms with van der Waals surface area (Å²) in [6.45, 7) is 3.25. The van der Waals surface area contributed by atoms with Gasteiger partial charge in [0, 0.05) is 23.8 Å². The molecule has 1 saturated heterocycles. The summed E-state index contributed by atoms with van der Waals surface area (Å²) >= 11 is 0. The highest BCUT2D eigenvalue weighted by atomic mass is 35.5. The van der Waals surface area contributed by atoms with Crippen molar-refractivity contribution in [3.8, 4) is 5.75 Å². The first-order valence-electron chi connectivity index (χ1n) is 6.55. The summed E-state index contributed by atoms with van der Waals surface area (Å²) in [7, 11) is 0. The minimum absolute atomic E-state index is 0. The Hall–Kier alpha value is -1.32. The lowest BCUT2D eigenvalue weighted by Gasteiger charge is -2.28. The molecule has 0 unspecified atom stereocenters. The van der Waals surface area contributed by atoms with Crippen molar-refractivity contribution < 1.29 is 4.74 Å². The zero-order chi connectivity index (χ0) is 12.4. The SMILES string of the molecule is C[C@H]1C[C@H](Oc2ccc3cnccc3c2)CCN1.Cl. The Morgan fingerprint density at radius 3 is 3.00 bits per heavy atom. The monoisotopic (exact) mass is 278 g/mol. The second kappa shape index (κ2) is 6.22. The Bertz CT molecular complexity index is 546. The summed E-state index contributed by atoms with van der Waals surface area (Å²) in [5.41, 5.74) is 0. The molecule has 0 spiro atoms. The van der Waals surface area contributed by atoms with Crippen LogP contribution in [0.5, 0.6) is 5.75 Å². The van der Waals surface area contributed by atoms with E-state index in [1.54, 1.807) is 0 Å². The van der Waals surface area contributed by atoms with Gasteiger partial charge in [0.1, 0.15) is 11.9 Å². The number of pyridine rings is 1. The number of nitrogens with zero attached hydrogens (tertiary/aromatic N) is 1. The number of rotatable bonds is 2. The predicted octanol–water partition coefficient (Wildman–Crippen LogP) is 3.18. The van der Waals surface area contributed by atoms with Crippen molar-refractivity contribution in [2.45, 2.75) is 31.9 Å². The van der Waals surface area contributed by atoms with Gasteiger partial charge < -0.3 is 10.1 Å². The summed E-state index contributed by atoms with van der Waals surface area (Å²) < 4.78 is 6.07. The summed E-state index contributed by atoms with van der Waals surface area (Å²) in [4.78, 5) is 4.12. The van der Waals surface area contributed by atoms with E-state index in [2.05, 4.69) is 29.4 Å². The van der Waals surface area contributed by atoms with Crippen LogP contribution in [0.3, 0.4) is 0 Å². The minimum atomic E-state index is 0. The van der Waals surface area contributed by atoms with Gasteiger partial charge in [0.05, 0.1) is 0 Å². The van der Waals surface area contributed by atoms with Crippen LogP contribution in [0.25, 0.3) is 10.8 Å². The molecule has 1 fully saturated rings. The Morgan fingerprint density at radius 2 is 2.16 bits per heavy atom. The highest BCUT2D eigenvalue weighted by Crippen LogP contribution is 2.23. The molecule has 102 valence electrons. The fourth-order valence-corrected chi connectivity index (χ4v) is 2.52. The van der Waals surface area contributed by atoms with Gasteiger partial charge in [-0.15, -0.1) is 12.4 Å². The second-order valence-electron chi connectivity index (χ2n) is 5.00. The molecule has 0 saturated carbocycles. The lowest BCUT2D eigenvalue weighted by Crippen LogP contribution is -2.40. The number of benzene rings is 1. The van der Waals surface area contributed by atoms with Gasteiger partial charge in [0.15, 0.2) is 0 Å². The smallest absolute Gasteiger partial charge is 0.120 e. The summed E-state index contributed by atoms with van der Waals surface area (Å²) in [6.07, 6.45) is 6.19. The molecule has 2 aromatic rings. The number of piperidine rings is 1. The van der Waals surface area contributed by atoms with Crippen molar-refractivity contribution in [1.29, 1.82) is 0 Å². The maximum Gasteiger partial charge on any atom is 0.120 e. The molecule has 3 nitrogen and oxygen atoms in total. The van der Waals surface area contributed by atoms with Crippen molar-refractivity contribution in [2.24, 2.45) is 0 Å². The first kappa shape index (κ1) is 14.1. The van der Waals surface area contributed by atoms with Gasteiger partial charge in [-0.25, -0.2) is 0 Å². The largest absolute Gasteiger partial charge is 0.490 e. The molecular formula is C15H19ClN2O. The number of halogens is 1. The first-order valence-corrected chi connectivity index (χ1v) is 6.55. The Balaban J connectivity index is 0.00000133. The Labute approximate surface area is 119 Å². The van der Waals surface area contributed by atoms with E-state index in [0.717, 1.165) is 30.5 Å². The van der Waals surface area contributed by atoms with Crippen molar-refractivity contribution in [1.82, 2.24) is 10.3 Å². The van der Waals surface area contributed by atoms with Gasteiger partial charge >= 0.3 is 0 Å².